The molecule has 2 atom stereocenters. The van der Waals surface area contributed by atoms with Crippen molar-refractivity contribution >= 4 is 0 Å². The van der Waals surface area contributed by atoms with E-state index in [2.05, 4.69) is 31.1 Å². The van der Waals surface area contributed by atoms with E-state index in [1.807, 2.05) is 0 Å². The van der Waals surface area contributed by atoms with Crippen LogP contribution in [0.1, 0.15) is 39.5 Å². The summed E-state index contributed by atoms with van der Waals surface area (Å²) < 4.78 is 0. The molecule has 14 heavy (non-hydrogen) atoms. The van der Waals surface area contributed by atoms with Gasteiger partial charge in [-0.1, -0.05) is 20.3 Å². The van der Waals surface area contributed by atoms with Gasteiger partial charge in [-0.05, 0) is 45.3 Å². The van der Waals surface area contributed by atoms with Crippen LogP contribution in [-0.4, -0.2) is 37.6 Å². The van der Waals surface area contributed by atoms with Gasteiger partial charge in [0.2, 0.25) is 0 Å². The average molecular weight is 198 g/mol. The molecule has 0 saturated carbocycles. The Bertz CT molecular complexity index is 147. The molecule has 0 aromatic heterocycles. The minimum Gasteiger partial charge on any atom is -0.319 e. The first kappa shape index (κ1) is 12.0. The average Bonchev–Trinajstić information content (AvgIpc) is 2.63. The van der Waals surface area contributed by atoms with Crippen LogP contribution in [0.5, 0.6) is 0 Å². The van der Waals surface area contributed by atoms with Crippen molar-refractivity contribution in [3.63, 3.8) is 0 Å². The van der Waals surface area contributed by atoms with E-state index >= 15 is 0 Å². The van der Waals surface area contributed by atoms with Gasteiger partial charge in [-0.3, -0.25) is 0 Å². The van der Waals surface area contributed by atoms with Crippen LogP contribution in [0, 0.1) is 5.92 Å². The lowest BCUT2D eigenvalue weighted by molar-refractivity contribution is 0.215. The van der Waals surface area contributed by atoms with Gasteiger partial charge in [-0.15, -0.1) is 0 Å². The molecule has 0 aromatic carbocycles. The predicted octanol–water partition coefficient (Wildman–Crippen LogP) is 2.11. The second kappa shape index (κ2) is 6.41. The van der Waals surface area contributed by atoms with Gasteiger partial charge >= 0.3 is 0 Å². The Morgan fingerprint density at radius 3 is 2.79 bits per heavy atom. The molecule has 2 nitrogen and oxygen atoms in total. The van der Waals surface area contributed by atoms with Crippen molar-refractivity contribution in [1.29, 1.82) is 0 Å². The molecule has 0 radical (unpaired) electrons. The summed E-state index contributed by atoms with van der Waals surface area (Å²) in [6.07, 6.45) is 5.41. The van der Waals surface area contributed by atoms with Gasteiger partial charge in [0.05, 0.1) is 0 Å². The molecule has 1 rings (SSSR count). The third-order valence-electron chi connectivity index (χ3n) is 3.42. The molecule has 2 unspecified atom stereocenters. The number of likely N-dealkylation sites (tertiary alicyclic amines) is 1. The zero-order valence-electron chi connectivity index (χ0n) is 10.1. The second-order valence-corrected chi connectivity index (χ2v) is 4.56. The van der Waals surface area contributed by atoms with E-state index < -0.39 is 0 Å². The van der Waals surface area contributed by atoms with E-state index in [9.17, 15) is 0 Å². The van der Waals surface area contributed by atoms with Crippen molar-refractivity contribution < 1.29 is 0 Å². The van der Waals surface area contributed by atoms with Crippen LogP contribution in [0.15, 0.2) is 0 Å². The number of nitrogens with zero attached hydrogens (tertiary/aromatic N) is 1. The number of nitrogens with one attached hydrogen (secondary N) is 1. The Balaban J connectivity index is 2.31. The summed E-state index contributed by atoms with van der Waals surface area (Å²) in [6.45, 7) is 8.46. The Labute approximate surface area is 89.1 Å². The fourth-order valence-corrected chi connectivity index (χ4v) is 2.63. The highest BCUT2D eigenvalue weighted by atomic mass is 15.2. The molecule has 1 heterocycles. The molecule has 0 spiro atoms. The van der Waals surface area contributed by atoms with Crippen molar-refractivity contribution in [2.75, 3.05) is 26.7 Å². The third-order valence-corrected chi connectivity index (χ3v) is 3.42. The Morgan fingerprint density at radius 2 is 2.21 bits per heavy atom. The second-order valence-electron chi connectivity index (χ2n) is 4.56. The zero-order valence-corrected chi connectivity index (χ0v) is 10.1. The summed E-state index contributed by atoms with van der Waals surface area (Å²) in [5.41, 5.74) is 0. The van der Waals surface area contributed by atoms with Crippen molar-refractivity contribution in [3.8, 4) is 0 Å². The monoisotopic (exact) mass is 198 g/mol. The molecule has 1 saturated heterocycles. The third kappa shape index (κ3) is 3.25. The summed E-state index contributed by atoms with van der Waals surface area (Å²) in [7, 11) is 2.06. The van der Waals surface area contributed by atoms with Gasteiger partial charge < -0.3 is 10.2 Å². The molecule has 0 aliphatic carbocycles. The lowest BCUT2D eigenvalue weighted by Crippen LogP contribution is -2.33. The molecule has 0 amide bonds. The molecule has 1 aliphatic heterocycles. The summed E-state index contributed by atoms with van der Waals surface area (Å²) in [5, 5.41) is 3.29. The zero-order chi connectivity index (χ0) is 10.4. The largest absolute Gasteiger partial charge is 0.319 e. The van der Waals surface area contributed by atoms with E-state index in [0.717, 1.165) is 12.0 Å². The molecule has 84 valence electrons. The minimum absolute atomic E-state index is 0.849. The summed E-state index contributed by atoms with van der Waals surface area (Å²) >= 11 is 0. The number of hydrogen-bond donors (Lipinski definition) is 1. The van der Waals surface area contributed by atoms with Gasteiger partial charge in [-0.25, -0.2) is 0 Å². The molecule has 0 bridgehead atoms. The van der Waals surface area contributed by atoms with Gasteiger partial charge in [0.1, 0.15) is 0 Å². The van der Waals surface area contributed by atoms with Crippen molar-refractivity contribution in [2.24, 2.45) is 5.92 Å². The SMILES string of the molecule is CCCC(CC)N1CCC(CNC)C1. The van der Waals surface area contributed by atoms with Crippen LogP contribution in [-0.2, 0) is 0 Å². The van der Waals surface area contributed by atoms with Gasteiger partial charge in [0, 0.05) is 12.6 Å². The first-order valence-electron chi connectivity index (χ1n) is 6.20. The lowest BCUT2D eigenvalue weighted by atomic mass is 10.1. The quantitative estimate of drug-likeness (QED) is 0.703. The van der Waals surface area contributed by atoms with Crippen LogP contribution < -0.4 is 5.32 Å². The predicted molar refractivity (Wildman–Crippen MR) is 62.6 cm³/mol. The normalized spacial score (nSPS) is 25.5. The lowest BCUT2D eigenvalue weighted by Gasteiger charge is -2.26. The maximum atomic E-state index is 3.29. The van der Waals surface area contributed by atoms with E-state index in [1.165, 1.54) is 45.3 Å². The molecular formula is C12H26N2. The Kier molecular flexibility index (Phi) is 5.49. The van der Waals surface area contributed by atoms with E-state index in [0.29, 0.717) is 0 Å². The highest BCUT2D eigenvalue weighted by Crippen LogP contribution is 2.21. The van der Waals surface area contributed by atoms with Crippen molar-refractivity contribution in [3.05, 3.63) is 0 Å². The van der Waals surface area contributed by atoms with Gasteiger partial charge in [-0.2, -0.15) is 0 Å². The molecule has 1 N–H and O–H groups in total. The first-order valence-corrected chi connectivity index (χ1v) is 6.20. The molecule has 0 aromatic rings. The van der Waals surface area contributed by atoms with Gasteiger partial charge in [0.25, 0.3) is 0 Å². The fraction of sp³-hybridized carbons (Fsp3) is 1.00. The highest BCUT2D eigenvalue weighted by Gasteiger charge is 2.26. The molecule has 1 aliphatic rings. The maximum Gasteiger partial charge on any atom is 0.00926 e. The summed E-state index contributed by atoms with van der Waals surface area (Å²) in [5.74, 6) is 0.894. The summed E-state index contributed by atoms with van der Waals surface area (Å²) in [4.78, 5) is 2.70. The number of hydrogen-bond acceptors (Lipinski definition) is 2. The van der Waals surface area contributed by atoms with Crippen molar-refractivity contribution in [1.82, 2.24) is 10.2 Å². The maximum absolute atomic E-state index is 3.29. The standard InChI is InChI=1S/C12H26N2/c1-4-6-12(5-2)14-8-7-11(10-14)9-13-3/h11-13H,4-10H2,1-3H3. The highest BCUT2D eigenvalue weighted by molar-refractivity contribution is 4.81. The van der Waals surface area contributed by atoms with Crippen LogP contribution in [0.25, 0.3) is 0 Å². The molecule has 2 heteroatoms. The van der Waals surface area contributed by atoms with Crippen LogP contribution in [0.3, 0.4) is 0 Å². The molecular weight excluding hydrogens is 172 g/mol. The van der Waals surface area contributed by atoms with E-state index in [1.54, 1.807) is 0 Å². The smallest absolute Gasteiger partial charge is 0.00926 e. The van der Waals surface area contributed by atoms with Crippen LogP contribution in [0.2, 0.25) is 0 Å². The van der Waals surface area contributed by atoms with Crippen LogP contribution >= 0.6 is 0 Å². The minimum atomic E-state index is 0.849. The van der Waals surface area contributed by atoms with Crippen LogP contribution in [0.4, 0.5) is 0 Å². The number of rotatable bonds is 6. The first-order chi connectivity index (χ1) is 6.81. The topological polar surface area (TPSA) is 15.3 Å². The summed E-state index contributed by atoms with van der Waals surface area (Å²) in [6, 6.07) is 0.849. The Hall–Kier alpha value is -0.0800. The fourth-order valence-electron chi connectivity index (χ4n) is 2.63. The van der Waals surface area contributed by atoms with Gasteiger partial charge in [0.15, 0.2) is 0 Å². The van der Waals surface area contributed by atoms with Crippen molar-refractivity contribution in [2.45, 2.75) is 45.6 Å². The Morgan fingerprint density at radius 1 is 1.43 bits per heavy atom. The van der Waals surface area contributed by atoms with E-state index in [4.69, 9.17) is 0 Å². The van der Waals surface area contributed by atoms with E-state index in [-0.39, 0.29) is 0 Å². The molecule has 1 fully saturated rings.